The lowest BCUT2D eigenvalue weighted by Gasteiger charge is -2.12. The summed E-state index contributed by atoms with van der Waals surface area (Å²) >= 11 is 0. The molecule has 0 aliphatic carbocycles. The Morgan fingerprint density at radius 1 is 1.13 bits per heavy atom. The van der Waals surface area contributed by atoms with E-state index in [-0.39, 0.29) is 5.97 Å². The molecule has 0 saturated carbocycles. The van der Waals surface area contributed by atoms with Gasteiger partial charge in [-0.15, -0.1) is 0 Å². The van der Waals surface area contributed by atoms with Gasteiger partial charge in [0.25, 0.3) is 0 Å². The number of benzene rings is 2. The highest BCUT2D eigenvalue weighted by molar-refractivity contribution is 5.89. The Hall–Kier alpha value is -2.17. The minimum Gasteiger partial charge on any atom is -0.465 e. The second-order valence-corrected chi connectivity index (χ2v) is 5.42. The maximum atomic E-state index is 11.3. The van der Waals surface area contributed by atoms with Crippen LogP contribution in [0.1, 0.15) is 34.0 Å². The Kier molecular flexibility index (Phi) is 6.78. The van der Waals surface area contributed by atoms with E-state index in [1.807, 2.05) is 42.5 Å². The van der Waals surface area contributed by atoms with E-state index in [9.17, 15) is 9.90 Å². The molecule has 4 heteroatoms. The summed E-state index contributed by atoms with van der Waals surface area (Å²) in [5.41, 5.74) is 2.68. The number of aliphatic hydroxyl groups excluding tert-OH is 1. The molecule has 0 radical (unpaired) electrons. The van der Waals surface area contributed by atoms with Crippen molar-refractivity contribution in [2.24, 2.45) is 0 Å². The Labute approximate surface area is 137 Å². The van der Waals surface area contributed by atoms with Gasteiger partial charge in [0.15, 0.2) is 0 Å². The van der Waals surface area contributed by atoms with Gasteiger partial charge >= 0.3 is 5.97 Å². The maximum absolute atomic E-state index is 11.3. The van der Waals surface area contributed by atoms with Crippen LogP contribution in [0.4, 0.5) is 0 Å². The van der Waals surface area contributed by atoms with Gasteiger partial charge in [0.05, 0.1) is 18.8 Å². The average Bonchev–Trinajstić information content (AvgIpc) is 2.62. The predicted molar refractivity (Wildman–Crippen MR) is 90.4 cm³/mol. The molecule has 122 valence electrons. The molecular weight excluding hydrogens is 290 g/mol. The van der Waals surface area contributed by atoms with Crippen molar-refractivity contribution >= 4 is 5.97 Å². The molecule has 23 heavy (non-hydrogen) atoms. The molecule has 2 aromatic carbocycles. The van der Waals surface area contributed by atoms with Gasteiger partial charge in [-0.05, 0) is 42.6 Å². The molecule has 4 nitrogen and oxygen atoms in total. The van der Waals surface area contributed by atoms with Gasteiger partial charge in [-0.25, -0.2) is 4.79 Å². The molecule has 2 rings (SSSR count). The first-order chi connectivity index (χ1) is 11.2. The first kappa shape index (κ1) is 17.2. The van der Waals surface area contributed by atoms with Crippen LogP contribution in [-0.2, 0) is 11.2 Å². The van der Waals surface area contributed by atoms with Crippen LogP contribution in [0.15, 0.2) is 54.6 Å². The summed E-state index contributed by atoms with van der Waals surface area (Å²) in [6, 6.07) is 17.1. The first-order valence-corrected chi connectivity index (χ1v) is 7.81. The molecule has 0 spiro atoms. The molecule has 0 heterocycles. The van der Waals surface area contributed by atoms with Gasteiger partial charge in [0.2, 0.25) is 0 Å². The molecular formula is C19H23NO3. The molecule has 0 unspecified atom stereocenters. The third-order valence-electron chi connectivity index (χ3n) is 3.72. The first-order valence-electron chi connectivity index (χ1n) is 7.81. The van der Waals surface area contributed by atoms with E-state index in [4.69, 9.17) is 0 Å². The molecule has 0 bridgehead atoms. The predicted octanol–water partition coefficient (Wildman–Crippen LogP) is 2.73. The molecule has 0 saturated heterocycles. The van der Waals surface area contributed by atoms with Gasteiger partial charge in [0, 0.05) is 6.54 Å². The molecule has 0 amide bonds. The lowest BCUT2D eigenvalue weighted by molar-refractivity contribution is 0.0600. The second-order valence-electron chi connectivity index (χ2n) is 5.42. The number of hydrogen-bond acceptors (Lipinski definition) is 4. The van der Waals surface area contributed by atoms with Crippen molar-refractivity contribution in [2.45, 2.75) is 18.9 Å². The highest BCUT2D eigenvalue weighted by atomic mass is 16.5. The summed E-state index contributed by atoms with van der Waals surface area (Å²) in [7, 11) is 1.38. The highest BCUT2D eigenvalue weighted by Crippen LogP contribution is 2.11. The van der Waals surface area contributed by atoms with E-state index in [1.54, 1.807) is 12.1 Å². The largest absolute Gasteiger partial charge is 0.465 e. The smallest absolute Gasteiger partial charge is 0.337 e. The summed E-state index contributed by atoms with van der Waals surface area (Å²) in [6.45, 7) is 1.38. The summed E-state index contributed by atoms with van der Waals surface area (Å²) in [4.78, 5) is 11.3. The van der Waals surface area contributed by atoms with Crippen LogP contribution in [0.3, 0.4) is 0 Å². The molecule has 0 aliphatic rings. The number of nitrogens with one attached hydrogen (secondary N) is 1. The zero-order valence-corrected chi connectivity index (χ0v) is 13.4. The number of methoxy groups -OCH3 is 1. The lowest BCUT2D eigenvalue weighted by atomic mass is 10.1. The monoisotopic (exact) mass is 313 g/mol. The van der Waals surface area contributed by atoms with E-state index in [1.165, 1.54) is 12.7 Å². The minimum atomic E-state index is -0.476. The van der Waals surface area contributed by atoms with E-state index in [0.717, 1.165) is 24.9 Å². The fourth-order valence-electron chi connectivity index (χ4n) is 2.37. The molecule has 1 atom stereocenters. The van der Waals surface area contributed by atoms with Crippen molar-refractivity contribution in [3.63, 3.8) is 0 Å². The molecule has 2 aromatic rings. The Bertz CT molecular complexity index is 596. The number of aryl methyl sites for hydroxylation is 1. The van der Waals surface area contributed by atoms with Crippen molar-refractivity contribution in [3.05, 3.63) is 71.3 Å². The Balaban J connectivity index is 1.66. The average molecular weight is 313 g/mol. The number of esters is 1. The molecule has 0 aromatic heterocycles. The van der Waals surface area contributed by atoms with Crippen molar-refractivity contribution in [1.29, 1.82) is 0 Å². The summed E-state index contributed by atoms with van der Waals surface area (Å²) in [6.07, 6.45) is 1.42. The van der Waals surface area contributed by atoms with Crippen LogP contribution in [-0.4, -0.2) is 31.3 Å². The molecule has 0 aliphatic heterocycles. The topological polar surface area (TPSA) is 58.6 Å². The third-order valence-corrected chi connectivity index (χ3v) is 3.72. The number of hydrogen-bond donors (Lipinski definition) is 2. The quantitative estimate of drug-likeness (QED) is 0.581. The number of carbonyl (C=O) groups is 1. The minimum absolute atomic E-state index is 0.312. The van der Waals surface area contributed by atoms with Crippen LogP contribution in [0.5, 0.6) is 0 Å². The van der Waals surface area contributed by atoms with E-state index >= 15 is 0 Å². The van der Waals surface area contributed by atoms with E-state index in [0.29, 0.717) is 12.1 Å². The van der Waals surface area contributed by atoms with Gasteiger partial charge in [0.1, 0.15) is 0 Å². The highest BCUT2D eigenvalue weighted by Gasteiger charge is 2.06. The van der Waals surface area contributed by atoms with Crippen molar-refractivity contribution in [1.82, 2.24) is 5.32 Å². The van der Waals surface area contributed by atoms with Gasteiger partial charge in [-0.1, -0.05) is 42.5 Å². The third kappa shape index (κ3) is 5.51. The standard InChI is InChI=1S/C19H23NO3/c1-23-19(22)17-11-9-15(10-12-17)6-5-13-20-14-18(21)16-7-3-2-4-8-16/h2-4,7-12,18,20-21H,5-6,13-14H2,1H3/t18-/m0/s1. The van der Waals surface area contributed by atoms with Gasteiger partial charge in [-0.3, -0.25) is 0 Å². The SMILES string of the molecule is COC(=O)c1ccc(CCCNC[C@H](O)c2ccccc2)cc1. The van der Waals surface area contributed by atoms with Crippen LogP contribution in [0, 0.1) is 0 Å². The summed E-state index contributed by atoms with van der Waals surface area (Å²) in [5, 5.41) is 13.3. The van der Waals surface area contributed by atoms with E-state index in [2.05, 4.69) is 10.1 Å². The zero-order chi connectivity index (χ0) is 16.5. The Morgan fingerprint density at radius 2 is 1.83 bits per heavy atom. The number of carbonyl (C=O) groups excluding carboxylic acids is 1. The molecule has 0 fully saturated rings. The van der Waals surface area contributed by atoms with Crippen molar-refractivity contribution in [2.75, 3.05) is 20.2 Å². The zero-order valence-electron chi connectivity index (χ0n) is 13.4. The molecule has 2 N–H and O–H groups in total. The normalized spacial score (nSPS) is 11.9. The van der Waals surface area contributed by atoms with Crippen LogP contribution in [0.25, 0.3) is 0 Å². The van der Waals surface area contributed by atoms with Crippen LogP contribution < -0.4 is 5.32 Å². The van der Waals surface area contributed by atoms with Crippen molar-refractivity contribution < 1.29 is 14.6 Å². The number of rotatable bonds is 8. The van der Waals surface area contributed by atoms with Crippen LogP contribution in [0.2, 0.25) is 0 Å². The fraction of sp³-hybridized carbons (Fsp3) is 0.316. The maximum Gasteiger partial charge on any atom is 0.337 e. The summed E-state index contributed by atoms with van der Waals surface area (Å²) in [5.74, 6) is -0.312. The second kappa shape index (κ2) is 9.08. The van der Waals surface area contributed by atoms with E-state index < -0.39 is 6.10 Å². The number of aliphatic hydroxyl groups is 1. The Morgan fingerprint density at radius 3 is 2.48 bits per heavy atom. The number of ether oxygens (including phenoxy) is 1. The summed E-state index contributed by atoms with van der Waals surface area (Å²) < 4.78 is 4.68. The van der Waals surface area contributed by atoms with Crippen LogP contribution >= 0.6 is 0 Å². The van der Waals surface area contributed by atoms with Crippen molar-refractivity contribution in [3.8, 4) is 0 Å². The lowest BCUT2D eigenvalue weighted by Crippen LogP contribution is -2.22. The fourth-order valence-corrected chi connectivity index (χ4v) is 2.37. The van der Waals surface area contributed by atoms with Gasteiger partial charge < -0.3 is 15.2 Å². The van der Waals surface area contributed by atoms with Gasteiger partial charge in [-0.2, -0.15) is 0 Å².